The average molecular weight is 513 g/mol. The van der Waals surface area contributed by atoms with E-state index < -0.39 is 0 Å². The molecule has 3 aromatic rings. The average Bonchev–Trinajstić information content (AvgIpc) is 3.26. The molecule has 0 saturated carbocycles. The Hall–Kier alpha value is -1.93. The monoisotopic (exact) mass is 511 g/mol. The lowest BCUT2D eigenvalue weighted by atomic mass is 10.2. The lowest BCUT2D eigenvalue weighted by Crippen LogP contribution is -2.15. The molecule has 30 heavy (non-hydrogen) atoms. The van der Waals surface area contributed by atoms with Crippen molar-refractivity contribution in [1.29, 1.82) is 0 Å². The summed E-state index contributed by atoms with van der Waals surface area (Å²) < 4.78 is 23.7. The van der Waals surface area contributed by atoms with Crippen molar-refractivity contribution < 1.29 is 18.9 Å². The third-order valence-corrected chi connectivity index (χ3v) is 5.95. The fourth-order valence-electron chi connectivity index (χ4n) is 3.09. The second-order valence-electron chi connectivity index (χ2n) is 6.56. The summed E-state index contributed by atoms with van der Waals surface area (Å²) in [6.07, 6.45) is 0. The van der Waals surface area contributed by atoms with Crippen molar-refractivity contribution in [3.63, 3.8) is 0 Å². The largest absolute Gasteiger partial charge is 0.493 e. The standard InChI is InChI=1S/C22H22BrNO4S.ClH/c1-25-21-11-16(12-24-13-17-3-2-8-29-17)9-18(23)22(21)28-14-15-4-5-19-20(10-15)27-7-6-26-19;/h2-5,8-11,24H,6-7,12-14H2,1H3;1H. The molecule has 5 nitrogen and oxygen atoms in total. The van der Waals surface area contributed by atoms with Crippen LogP contribution in [0.3, 0.4) is 0 Å². The van der Waals surface area contributed by atoms with Crippen molar-refractivity contribution in [3.05, 3.63) is 68.3 Å². The Kier molecular flexibility index (Phi) is 8.27. The van der Waals surface area contributed by atoms with Crippen LogP contribution in [0, 0.1) is 0 Å². The second-order valence-corrected chi connectivity index (χ2v) is 8.45. The van der Waals surface area contributed by atoms with Gasteiger partial charge in [-0.2, -0.15) is 0 Å². The number of benzene rings is 2. The van der Waals surface area contributed by atoms with Crippen LogP contribution in [-0.4, -0.2) is 20.3 Å². The zero-order valence-corrected chi connectivity index (χ0v) is 19.7. The normalized spacial score (nSPS) is 12.2. The molecule has 0 spiro atoms. The lowest BCUT2D eigenvalue weighted by molar-refractivity contribution is 0.171. The summed E-state index contributed by atoms with van der Waals surface area (Å²) in [6.45, 7) is 3.15. The maximum Gasteiger partial charge on any atom is 0.175 e. The summed E-state index contributed by atoms with van der Waals surface area (Å²) in [4.78, 5) is 1.32. The van der Waals surface area contributed by atoms with Gasteiger partial charge >= 0.3 is 0 Å². The van der Waals surface area contributed by atoms with E-state index in [4.69, 9.17) is 18.9 Å². The number of hydrogen-bond acceptors (Lipinski definition) is 6. The van der Waals surface area contributed by atoms with Crippen LogP contribution in [0.4, 0.5) is 0 Å². The quantitative estimate of drug-likeness (QED) is 0.427. The van der Waals surface area contributed by atoms with Gasteiger partial charge in [0.1, 0.15) is 19.8 Å². The third kappa shape index (κ3) is 5.60. The first-order chi connectivity index (χ1) is 14.2. The lowest BCUT2D eigenvalue weighted by Gasteiger charge is -2.19. The predicted octanol–water partition coefficient (Wildman–Crippen LogP) is 5.58. The summed E-state index contributed by atoms with van der Waals surface area (Å²) in [7, 11) is 1.65. The molecule has 0 unspecified atom stereocenters. The number of hydrogen-bond donors (Lipinski definition) is 1. The summed E-state index contributed by atoms with van der Waals surface area (Å²) in [5, 5.41) is 5.54. The molecule has 0 bridgehead atoms. The molecule has 0 fully saturated rings. The van der Waals surface area contributed by atoms with Crippen molar-refractivity contribution in [2.45, 2.75) is 19.7 Å². The highest BCUT2D eigenvalue weighted by Gasteiger charge is 2.15. The Bertz CT molecular complexity index is 968. The van der Waals surface area contributed by atoms with Crippen LogP contribution in [0.15, 0.2) is 52.3 Å². The predicted molar refractivity (Wildman–Crippen MR) is 125 cm³/mol. The molecule has 8 heteroatoms. The van der Waals surface area contributed by atoms with E-state index in [1.54, 1.807) is 18.4 Å². The molecule has 0 saturated heterocycles. The number of methoxy groups -OCH3 is 1. The molecule has 1 aliphatic rings. The second kappa shape index (κ2) is 10.9. The van der Waals surface area contributed by atoms with E-state index in [1.807, 2.05) is 24.3 Å². The highest BCUT2D eigenvalue weighted by Crippen LogP contribution is 2.38. The van der Waals surface area contributed by atoms with Crippen molar-refractivity contribution in [1.82, 2.24) is 5.32 Å². The van der Waals surface area contributed by atoms with Gasteiger partial charge < -0.3 is 24.3 Å². The Morgan fingerprint density at radius 1 is 1.03 bits per heavy atom. The van der Waals surface area contributed by atoms with Crippen molar-refractivity contribution in [2.75, 3.05) is 20.3 Å². The molecule has 0 atom stereocenters. The molecule has 0 aliphatic carbocycles. The van der Waals surface area contributed by atoms with Gasteiger partial charge in [0.25, 0.3) is 0 Å². The zero-order chi connectivity index (χ0) is 20.1. The van der Waals surface area contributed by atoms with Crippen molar-refractivity contribution >= 4 is 39.7 Å². The molecule has 1 aromatic heterocycles. The van der Waals surface area contributed by atoms with Crippen LogP contribution in [0.2, 0.25) is 0 Å². The van der Waals surface area contributed by atoms with Gasteiger partial charge in [-0.1, -0.05) is 12.1 Å². The third-order valence-electron chi connectivity index (χ3n) is 4.49. The maximum atomic E-state index is 6.07. The number of halogens is 2. The number of rotatable bonds is 8. The summed E-state index contributed by atoms with van der Waals surface area (Å²) in [6, 6.07) is 14.1. The minimum atomic E-state index is 0. The molecule has 4 rings (SSSR count). The Morgan fingerprint density at radius 2 is 1.87 bits per heavy atom. The SMILES string of the molecule is COc1cc(CNCc2cccs2)cc(Br)c1OCc1ccc2c(c1)OCCO2.Cl. The van der Waals surface area contributed by atoms with Gasteiger partial charge in [-0.05, 0) is 62.8 Å². The van der Waals surface area contributed by atoms with Crippen molar-refractivity contribution in [3.8, 4) is 23.0 Å². The molecular formula is C22H23BrClNO4S. The van der Waals surface area contributed by atoms with Gasteiger partial charge in [-0.3, -0.25) is 0 Å². The molecule has 160 valence electrons. The van der Waals surface area contributed by atoms with Crippen LogP contribution >= 0.6 is 39.7 Å². The van der Waals surface area contributed by atoms with Gasteiger partial charge in [0.05, 0.1) is 11.6 Å². The maximum absolute atomic E-state index is 6.07. The van der Waals surface area contributed by atoms with Gasteiger partial charge in [0.15, 0.2) is 23.0 Å². The smallest absolute Gasteiger partial charge is 0.175 e. The van der Waals surface area contributed by atoms with Gasteiger partial charge in [-0.25, -0.2) is 0 Å². The molecule has 0 amide bonds. The molecule has 1 N–H and O–H groups in total. The number of fused-ring (bicyclic) bond motifs is 1. The molecule has 2 heterocycles. The van der Waals surface area contributed by atoms with E-state index in [9.17, 15) is 0 Å². The summed E-state index contributed by atoms with van der Waals surface area (Å²) in [5.41, 5.74) is 2.13. The highest BCUT2D eigenvalue weighted by molar-refractivity contribution is 9.10. The Labute approximate surface area is 194 Å². The first kappa shape index (κ1) is 22.7. The van der Waals surface area contributed by atoms with Gasteiger partial charge in [0, 0.05) is 18.0 Å². The fourth-order valence-corrected chi connectivity index (χ4v) is 4.37. The van der Waals surface area contributed by atoms with Crippen LogP contribution in [0.5, 0.6) is 23.0 Å². The summed E-state index contributed by atoms with van der Waals surface area (Å²) >= 11 is 5.38. The Balaban J connectivity index is 0.00000256. The van der Waals surface area contributed by atoms with Crippen LogP contribution in [0.1, 0.15) is 16.0 Å². The van der Waals surface area contributed by atoms with E-state index in [1.165, 1.54) is 4.88 Å². The highest BCUT2D eigenvalue weighted by atomic mass is 79.9. The van der Waals surface area contributed by atoms with E-state index in [0.717, 1.165) is 40.2 Å². The van der Waals surface area contributed by atoms with Crippen LogP contribution < -0.4 is 24.3 Å². The van der Waals surface area contributed by atoms with E-state index in [2.05, 4.69) is 44.8 Å². The first-order valence-corrected chi connectivity index (χ1v) is 11.0. The molecular weight excluding hydrogens is 490 g/mol. The fraction of sp³-hybridized carbons (Fsp3) is 0.273. The van der Waals surface area contributed by atoms with Gasteiger partial charge in [0.2, 0.25) is 0 Å². The molecule has 0 radical (unpaired) electrons. The molecule has 2 aromatic carbocycles. The Morgan fingerprint density at radius 3 is 2.63 bits per heavy atom. The number of ether oxygens (including phenoxy) is 4. The van der Waals surface area contributed by atoms with Crippen LogP contribution in [0.25, 0.3) is 0 Å². The van der Waals surface area contributed by atoms with Crippen LogP contribution in [-0.2, 0) is 19.7 Å². The van der Waals surface area contributed by atoms with Gasteiger partial charge in [-0.15, -0.1) is 23.7 Å². The minimum absolute atomic E-state index is 0. The van der Waals surface area contributed by atoms with Crippen molar-refractivity contribution in [2.24, 2.45) is 0 Å². The van der Waals surface area contributed by atoms with E-state index in [0.29, 0.717) is 31.3 Å². The van der Waals surface area contributed by atoms with E-state index >= 15 is 0 Å². The first-order valence-electron chi connectivity index (χ1n) is 9.34. The minimum Gasteiger partial charge on any atom is -0.493 e. The topological polar surface area (TPSA) is 49.0 Å². The molecule has 1 aliphatic heterocycles. The van der Waals surface area contributed by atoms with E-state index in [-0.39, 0.29) is 12.4 Å². The number of thiophene rings is 1. The number of nitrogens with one attached hydrogen (secondary N) is 1. The zero-order valence-electron chi connectivity index (χ0n) is 16.5. The summed E-state index contributed by atoms with van der Waals surface area (Å²) in [5.74, 6) is 2.92.